The zero-order valence-corrected chi connectivity index (χ0v) is 15.4. The number of hydrogen-bond acceptors (Lipinski definition) is 6. The number of hydrazone groups is 1. The fourth-order valence-electron chi connectivity index (χ4n) is 2.77. The Morgan fingerprint density at radius 1 is 1.18 bits per heavy atom. The summed E-state index contributed by atoms with van der Waals surface area (Å²) in [5, 5.41) is 17.9. The summed E-state index contributed by atoms with van der Waals surface area (Å²) in [5.41, 5.74) is 1.31. The molecule has 0 fully saturated rings. The van der Waals surface area contributed by atoms with Crippen molar-refractivity contribution in [2.75, 3.05) is 30.6 Å². The Balaban J connectivity index is 1.72. The SMILES string of the molecule is COCCOc1cccc(NC(=O)C2=NN(c3ccccc3)C(C(=O)O)C2)c1. The molecule has 0 spiro atoms. The maximum atomic E-state index is 12.6. The van der Waals surface area contributed by atoms with Crippen molar-refractivity contribution in [3.05, 3.63) is 54.6 Å². The Hall–Kier alpha value is -3.39. The quantitative estimate of drug-likeness (QED) is 0.679. The van der Waals surface area contributed by atoms with Gasteiger partial charge < -0.3 is 19.9 Å². The van der Waals surface area contributed by atoms with Crippen LogP contribution in [0.3, 0.4) is 0 Å². The molecular formula is C20H21N3O5. The average molecular weight is 383 g/mol. The molecule has 1 aliphatic heterocycles. The van der Waals surface area contributed by atoms with Gasteiger partial charge in [-0.2, -0.15) is 5.10 Å². The summed E-state index contributed by atoms with van der Waals surface area (Å²) in [6.45, 7) is 0.853. The maximum absolute atomic E-state index is 12.6. The van der Waals surface area contributed by atoms with Crippen LogP contribution in [0, 0.1) is 0 Å². The first kappa shape index (κ1) is 19.4. The van der Waals surface area contributed by atoms with Gasteiger partial charge in [0.2, 0.25) is 0 Å². The van der Waals surface area contributed by atoms with E-state index in [1.54, 1.807) is 55.6 Å². The minimum absolute atomic E-state index is 0.0140. The summed E-state index contributed by atoms with van der Waals surface area (Å²) in [6, 6.07) is 14.9. The number of carbonyl (C=O) groups is 2. The summed E-state index contributed by atoms with van der Waals surface area (Å²) in [6.07, 6.45) is 0.0140. The number of aliphatic carboxylic acids is 1. The van der Waals surface area contributed by atoms with Crippen LogP contribution in [0.15, 0.2) is 59.7 Å². The van der Waals surface area contributed by atoms with E-state index in [1.807, 2.05) is 6.07 Å². The number of amides is 1. The molecule has 0 aromatic heterocycles. The molecule has 0 bridgehead atoms. The molecule has 0 radical (unpaired) electrons. The molecule has 8 nitrogen and oxygen atoms in total. The maximum Gasteiger partial charge on any atom is 0.328 e. The van der Waals surface area contributed by atoms with Crippen LogP contribution in [-0.2, 0) is 14.3 Å². The fourth-order valence-corrected chi connectivity index (χ4v) is 2.77. The fraction of sp³-hybridized carbons (Fsp3) is 0.250. The summed E-state index contributed by atoms with van der Waals surface area (Å²) in [4.78, 5) is 24.2. The summed E-state index contributed by atoms with van der Waals surface area (Å²) >= 11 is 0. The number of methoxy groups -OCH3 is 1. The van der Waals surface area contributed by atoms with Crippen molar-refractivity contribution in [3.8, 4) is 5.75 Å². The van der Waals surface area contributed by atoms with E-state index < -0.39 is 17.9 Å². The largest absolute Gasteiger partial charge is 0.491 e. The van der Waals surface area contributed by atoms with Crippen molar-refractivity contribution >= 4 is 29.0 Å². The van der Waals surface area contributed by atoms with Gasteiger partial charge in [-0.1, -0.05) is 24.3 Å². The van der Waals surface area contributed by atoms with Crippen LogP contribution in [0.5, 0.6) is 5.75 Å². The molecule has 0 saturated carbocycles. The lowest BCUT2D eigenvalue weighted by Crippen LogP contribution is -2.34. The molecule has 0 saturated heterocycles. The Morgan fingerprint density at radius 2 is 1.96 bits per heavy atom. The second kappa shape index (κ2) is 9.01. The van der Waals surface area contributed by atoms with Crippen LogP contribution in [0.1, 0.15) is 6.42 Å². The van der Waals surface area contributed by atoms with E-state index >= 15 is 0 Å². The number of anilines is 2. The Morgan fingerprint density at radius 3 is 2.68 bits per heavy atom. The molecule has 1 heterocycles. The lowest BCUT2D eigenvalue weighted by Gasteiger charge is -2.19. The van der Waals surface area contributed by atoms with Crippen LogP contribution in [0.2, 0.25) is 0 Å². The van der Waals surface area contributed by atoms with Crippen molar-refractivity contribution in [2.24, 2.45) is 5.10 Å². The third kappa shape index (κ3) is 4.66. The molecule has 146 valence electrons. The van der Waals surface area contributed by atoms with Gasteiger partial charge in [0.15, 0.2) is 6.04 Å². The third-order valence-corrected chi connectivity index (χ3v) is 4.13. The van der Waals surface area contributed by atoms with E-state index in [4.69, 9.17) is 9.47 Å². The van der Waals surface area contributed by atoms with Crippen LogP contribution >= 0.6 is 0 Å². The van der Waals surface area contributed by atoms with Crippen molar-refractivity contribution in [1.29, 1.82) is 0 Å². The van der Waals surface area contributed by atoms with Crippen LogP contribution < -0.4 is 15.1 Å². The molecule has 2 N–H and O–H groups in total. The molecule has 1 amide bonds. The number of carbonyl (C=O) groups excluding carboxylic acids is 1. The average Bonchev–Trinajstić information content (AvgIpc) is 3.15. The number of nitrogens with one attached hydrogen (secondary N) is 1. The lowest BCUT2D eigenvalue weighted by atomic mass is 10.1. The first-order chi connectivity index (χ1) is 13.6. The second-order valence-corrected chi connectivity index (χ2v) is 6.11. The van der Waals surface area contributed by atoms with Gasteiger partial charge in [0.25, 0.3) is 5.91 Å². The number of para-hydroxylation sites is 1. The van der Waals surface area contributed by atoms with Gasteiger partial charge in [0.05, 0.1) is 12.3 Å². The van der Waals surface area contributed by atoms with E-state index in [-0.39, 0.29) is 12.1 Å². The minimum Gasteiger partial charge on any atom is -0.491 e. The van der Waals surface area contributed by atoms with Crippen molar-refractivity contribution in [1.82, 2.24) is 0 Å². The van der Waals surface area contributed by atoms with Crippen LogP contribution in [0.4, 0.5) is 11.4 Å². The highest BCUT2D eigenvalue weighted by Gasteiger charge is 2.36. The standard InChI is InChI=1S/C20H21N3O5/c1-27-10-11-28-16-9-5-6-14(12-16)21-19(24)17-13-18(20(25)26)23(22-17)15-7-3-2-4-8-15/h2-9,12,18H,10-11,13H2,1H3,(H,21,24)(H,25,26). The number of carboxylic acids is 1. The molecule has 2 aromatic rings. The van der Waals surface area contributed by atoms with Gasteiger partial charge in [0.1, 0.15) is 18.1 Å². The highest BCUT2D eigenvalue weighted by atomic mass is 16.5. The molecule has 0 aliphatic carbocycles. The number of ether oxygens (including phenoxy) is 2. The number of rotatable bonds is 8. The smallest absolute Gasteiger partial charge is 0.328 e. The molecule has 2 aromatic carbocycles. The highest BCUT2D eigenvalue weighted by molar-refractivity contribution is 6.44. The molecule has 1 atom stereocenters. The topological polar surface area (TPSA) is 100 Å². The van der Waals surface area contributed by atoms with Gasteiger partial charge in [-0.05, 0) is 24.3 Å². The van der Waals surface area contributed by atoms with Gasteiger partial charge in [-0.25, -0.2) is 4.79 Å². The molecule has 1 unspecified atom stereocenters. The number of nitrogens with zero attached hydrogens (tertiary/aromatic N) is 2. The van der Waals surface area contributed by atoms with Crippen LogP contribution in [0.25, 0.3) is 0 Å². The van der Waals surface area contributed by atoms with Crippen LogP contribution in [-0.4, -0.2) is 49.1 Å². The molecular weight excluding hydrogens is 362 g/mol. The Bertz CT molecular complexity index is 869. The number of hydrogen-bond donors (Lipinski definition) is 2. The predicted octanol–water partition coefficient (Wildman–Crippen LogP) is 2.37. The van der Waals surface area contributed by atoms with Gasteiger partial charge in [-0.3, -0.25) is 9.80 Å². The highest BCUT2D eigenvalue weighted by Crippen LogP contribution is 2.25. The van der Waals surface area contributed by atoms with E-state index in [2.05, 4.69) is 10.4 Å². The molecule has 28 heavy (non-hydrogen) atoms. The zero-order valence-electron chi connectivity index (χ0n) is 15.4. The summed E-state index contributed by atoms with van der Waals surface area (Å²) < 4.78 is 10.5. The third-order valence-electron chi connectivity index (χ3n) is 4.13. The Labute approximate surface area is 162 Å². The van der Waals surface area contributed by atoms with Crippen molar-refractivity contribution in [2.45, 2.75) is 12.5 Å². The minimum atomic E-state index is -1.04. The summed E-state index contributed by atoms with van der Waals surface area (Å²) in [7, 11) is 1.59. The van der Waals surface area contributed by atoms with Crippen molar-refractivity contribution < 1.29 is 24.2 Å². The van der Waals surface area contributed by atoms with E-state index in [0.717, 1.165) is 0 Å². The molecule has 1 aliphatic rings. The second-order valence-electron chi connectivity index (χ2n) is 6.11. The Kier molecular flexibility index (Phi) is 6.23. The zero-order chi connectivity index (χ0) is 19.9. The first-order valence-electron chi connectivity index (χ1n) is 8.76. The van der Waals surface area contributed by atoms with E-state index in [0.29, 0.717) is 30.3 Å². The van der Waals surface area contributed by atoms with Crippen molar-refractivity contribution in [3.63, 3.8) is 0 Å². The monoisotopic (exact) mass is 383 g/mol. The van der Waals surface area contributed by atoms with Gasteiger partial charge in [0, 0.05) is 25.3 Å². The van der Waals surface area contributed by atoms with E-state index in [9.17, 15) is 14.7 Å². The predicted molar refractivity (Wildman–Crippen MR) is 105 cm³/mol. The van der Waals surface area contributed by atoms with Gasteiger partial charge in [-0.15, -0.1) is 0 Å². The normalized spacial score (nSPS) is 15.8. The number of carboxylic acid groups (broad SMARTS) is 1. The van der Waals surface area contributed by atoms with Gasteiger partial charge >= 0.3 is 5.97 Å². The number of benzene rings is 2. The first-order valence-corrected chi connectivity index (χ1v) is 8.76. The lowest BCUT2D eigenvalue weighted by molar-refractivity contribution is -0.138. The molecule has 3 rings (SSSR count). The molecule has 8 heteroatoms. The summed E-state index contributed by atoms with van der Waals surface area (Å²) in [5.74, 6) is -0.889. The van der Waals surface area contributed by atoms with E-state index in [1.165, 1.54) is 5.01 Å².